The summed E-state index contributed by atoms with van der Waals surface area (Å²) in [5.41, 5.74) is -0.166. The van der Waals surface area contributed by atoms with Crippen LogP contribution in [0.5, 0.6) is 23.1 Å². The molecular weight excluding hydrogens is 645 g/mol. The van der Waals surface area contributed by atoms with Crippen molar-refractivity contribution < 1.29 is 33.0 Å². The number of anilines is 1. The number of amides is 1. The van der Waals surface area contributed by atoms with Crippen LogP contribution in [0.4, 0.5) is 10.2 Å². The number of likely N-dealkylation sites (tertiary alicyclic amines) is 1. The number of benzene rings is 1. The van der Waals surface area contributed by atoms with Gasteiger partial charge < -0.3 is 29.3 Å². The molecular formula is C36H50FN7O6. The van der Waals surface area contributed by atoms with Crippen LogP contribution in [-0.2, 0) is 9.59 Å². The first-order valence-corrected chi connectivity index (χ1v) is 17.7. The zero-order valence-electron chi connectivity index (χ0n) is 30.2. The van der Waals surface area contributed by atoms with E-state index in [0.29, 0.717) is 43.3 Å². The third-order valence-corrected chi connectivity index (χ3v) is 9.59. The van der Waals surface area contributed by atoms with E-state index < -0.39 is 35.2 Å². The SMILES string of the molecule is CCN(C(=O)c1cc(F)c2c(c1Oc1nncnc1N1CCC3(C1)CN(C(CCCNCC(C)C)C(C)C)C3)OC(=O)/C=C/C(=O)O2)C(C)C. The number of nitrogens with one attached hydrogen (secondary N) is 1. The summed E-state index contributed by atoms with van der Waals surface area (Å²) >= 11 is 0. The lowest BCUT2D eigenvalue weighted by atomic mass is 9.76. The van der Waals surface area contributed by atoms with Crippen LogP contribution in [0.15, 0.2) is 24.5 Å². The summed E-state index contributed by atoms with van der Waals surface area (Å²) in [5, 5.41) is 11.7. The molecule has 14 heteroatoms. The molecule has 1 amide bonds. The van der Waals surface area contributed by atoms with Crippen LogP contribution in [0.3, 0.4) is 0 Å². The quantitative estimate of drug-likeness (QED) is 0.168. The highest BCUT2D eigenvalue weighted by atomic mass is 19.1. The van der Waals surface area contributed by atoms with E-state index in [1.54, 1.807) is 6.92 Å². The van der Waals surface area contributed by atoms with Gasteiger partial charge in [-0.1, -0.05) is 27.7 Å². The molecule has 2 saturated heterocycles. The van der Waals surface area contributed by atoms with Crippen LogP contribution < -0.4 is 24.4 Å². The summed E-state index contributed by atoms with van der Waals surface area (Å²) < 4.78 is 32.4. The average molecular weight is 696 g/mol. The number of hydrogen-bond donors (Lipinski definition) is 1. The summed E-state index contributed by atoms with van der Waals surface area (Å²) in [6.07, 6.45) is 6.21. The van der Waals surface area contributed by atoms with Gasteiger partial charge in [0.2, 0.25) is 11.5 Å². The van der Waals surface area contributed by atoms with Crippen LogP contribution >= 0.6 is 0 Å². The zero-order chi connectivity index (χ0) is 36.2. The normalized spacial score (nSPS) is 18.4. The van der Waals surface area contributed by atoms with Crippen LogP contribution in [0.2, 0.25) is 0 Å². The van der Waals surface area contributed by atoms with Crippen molar-refractivity contribution in [2.24, 2.45) is 17.3 Å². The number of carbonyl (C=O) groups excluding carboxylic acids is 3. The van der Waals surface area contributed by atoms with E-state index in [-0.39, 0.29) is 28.6 Å². The predicted molar refractivity (Wildman–Crippen MR) is 185 cm³/mol. The highest BCUT2D eigenvalue weighted by Gasteiger charge is 2.50. The molecule has 5 rings (SSSR count). The number of aromatic nitrogens is 3. The van der Waals surface area contributed by atoms with Crippen LogP contribution in [0.1, 0.15) is 78.1 Å². The van der Waals surface area contributed by atoms with Crippen molar-refractivity contribution in [2.45, 2.75) is 79.8 Å². The van der Waals surface area contributed by atoms with Gasteiger partial charge in [-0.2, -0.15) is 0 Å². The molecule has 1 N–H and O–H groups in total. The summed E-state index contributed by atoms with van der Waals surface area (Å²) in [5.74, 6) is -3.72. The van der Waals surface area contributed by atoms with Crippen molar-refractivity contribution in [2.75, 3.05) is 50.7 Å². The second kappa shape index (κ2) is 15.8. The van der Waals surface area contributed by atoms with Crippen molar-refractivity contribution in [1.29, 1.82) is 0 Å². The first-order valence-electron chi connectivity index (χ1n) is 17.7. The van der Waals surface area contributed by atoms with Gasteiger partial charge in [0.1, 0.15) is 6.33 Å². The molecule has 3 aliphatic rings. The Bertz CT molecular complexity index is 1590. The molecule has 50 heavy (non-hydrogen) atoms. The Kier molecular flexibility index (Phi) is 11.7. The second-order valence-electron chi connectivity index (χ2n) is 14.6. The van der Waals surface area contributed by atoms with Gasteiger partial charge in [0.25, 0.3) is 11.8 Å². The maximum atomic E-state index is 15.5. The Morgan fingerprint density at radius 2 is 1.78 bits per heavy atom. The number of carbonyl (C=O) groups is 3. The Balaban J connectivity index is 1.40. The summed E-state index contributed by atoms with van der Waals surface area (Å²) in [6.45, 7) is 20.2. The highest BCUT2D eigenvalue weighted by Crippen LogP contribution is 2.48. The van der Waals surface area contributed by atoms with Gasteiger partial charge in [-0.05, 0) is 71.0 Å². The molecule has 272 valence electrons. The van der Waals surface area contributed by atoms with E-state index in [2.05, 4.69) is 58.0 Å². The fourth-order valence-electron chi connectivity index (χ4n) is 7.17. The molecule has 1 spiro atoms. The van der Waals surface area contributed by atoms with Crippen molar-refractivity contribution in [1.82, 2.24) is 30.3 Å². The number of rotatable bonds is 14. The molecule has 13 nitrogen and oxygen atoms in total. The molecule has 0 saturated carbocycles. The molecule has 1 unspecified atom stereocenters. The smallest absolute Gasteiger partial charge is 0.336 e. The van der Waals surface area contributed by atoms with Gasteiger partial charge in [0.15, 0.2) is 17.4 Å². The van der Waals surface area contributed by atoms with Crippen molar-refractivity contribution >= 4 is 23.7 Å². The molecule has 0 aliphatic carbocycles. The second-order valence-corrected chi connectivity index (χ2v) is 14.6. The van der Waals surface area contributed by atoms with E-state index in [4.69, 9.17) is 14.2 Å². The number of nitrogens with zero attached hydrogens (tertiary/aromatic N) is 6. The molecule has 2 aromatic rings. The fourth-order valence-corrected chi connectivity index (χ4v) is 7.17. The fraction of sp³-hybridized carbons (Fsp3) is 0.611. The topological polar surface area (TPSA) is 139 Å². The minimum atomic E-state index is -1.08. The van der Waals surface area contributed by atoms with Gasteiger partial charge in [0.05, 0.1) is 5.56 Å². The molecule has 1 aromatic heterocycles. The predicted octanol–water partition coefficient (Wildman–Crippen LogP) is 4.62. The lowest BCUT2D eigenvalue weighted by Crippen LogP contribution is -2.62. The van der Waals surface area contributed by atoms with Gasteiger partial charge in [-0.25, -0.2) is 19.0 Å². The molecule has 4 heterocycles. The number of esters is 2. The number of fused-ring (bicyclic) bond motifs is 1. The minimum Gasteiger partial charge on any atom is -0.430 e. The third kappa shape index (κ3) is 8.23. The van der Waals surface area contributed by atoms with E-state index >= 15 is 4.39 Å². The van der Waals surface area contributed by atoms with Gasteiger partial charge in [0, 0.05) is 62.4 Å². The average Bonchev–Trinajstić information content (AvgIpc) is 3.49. The molecule has 1 aromatic carbocycles. The van der Waals surface area contributed by atoms with Crippen LogP contribution in [-0.4, -0.2) is 101 Å². The van der Waals surface area contributed by atoms with Gasteiger partial charge in [-0.15, -0.1) is 10.2 Å². The van der Waals surface area contributed by atoms with E-state index in [9.17, 15) is 14.4 Å². The number of halogens is 1. The van der Waals surface area contributed by atoms with E-state index in [1.165, 1.54) is 11.2 Å². The summed E-state index contributed by atoms with van der Waals surface area (Å²) in [7, 11) is 0. The third-order valence-electron chi connectivity index (χ3n) is 9.59. The maximum Gasteiger partial charge on any atom is 0.336 e. The van der Waals surface area contributed by atoms with Crippen molar-refractivity contribution in [3.05, 3.63) is 35.9 Å². The summed E-state index contributed by atoms with van der Waals surface area (Å²) in [4.78, 5) is 49.5. The molecule has 3 aliphatic heterocycles. The minimum absolute atomic E-state index is 0.0647. The van der Waals surface area contributed by atoms with E-state index in [0.717, 1.165) is 63.7 Å². The Hall–Kier alpha value is -4.17. The Labute approximate surface area is 293 Å². The molecule has 1 atom stereocenters. The number of ether oxygens (including phenoxy) is 3. The Morgan fingerprint density at radius 3 is 2.42 bits per heavy atom. The Morgan fingerprint density at radius 1 is 1.08 bits per heavy atom. The summed E-state index contributed by atoms with van der Waals surface area (Å²) in [6, 6.07) is 1.17. The van der Waals surface area contributed by atoms with Crippen molar-refractivity contribution in [3.63, 3.8) is 0 Å². The molecule has 2 fully saturated rings. The monoisotopic (exact) mass is 695 g/mol. The van der Waals surface area contributed by atoms with E-state index in [1.807, 2.05) is 13.8 Å². The van der Waals surface area contributed by atoms with Gasteiger partial charge >= 0.3 is 11.9 Å². The largest absolute Gasteiger partial charge is 0.430 e. The standard InChI is InChI=1S/C36H50FN7O6/c1-8-44(24(6)7)35(47)25-16-26(37)31-32(49-29(46)12-11-28(45)48-31)30(25)50-34-33(39-21-40-41-34)42-15-13-36(18-42)19-43(20-36)27(23(4)5)10-9-14-38-17-22(2)3/h11-12,16,21-24,27,38H,8-10,13-15,17-20H2,1-7H3/b12-11+. The highest BCUT2D eigenvalue weighted by molar-refractivity contribution is 6.01. The van der Waals surface area contributed by atoms with Gasteiger partial charge in [-0.3, -0.25) is 9.69 Å². The van der Waals surface area contributed by atoms with Crippen molar-refractivity contribution in [3.8, 4) is 23.1 Å². The van der Waals surface area contributed by atoms with Crippen LogP contribution in [0, 0.1) is 23.1 Å². The maximum absolute atomic E-state index is 15.5. The lowest BCUT2D eigenvalue weighted by molar-refractivity contribution is -0.133. The first-order chi connectivity index (χ1) is 23.8. The zero-order valence-corrected chi connectivity index (χ0v) is 30.2. The first kappa shape index (κ1) is 37.1. The molecule has 0 radical (unpaired) electrons. The van der Waals surface area contributed by atoms with Crippen LogP contribution in [0.25, 0.3) is 0 Å². The number of hydrogen-bond acceptors (Lipinski definition) is 12. The molecule has 0 bridgehead atoms. The lowest BCUT2D eigenvalue weighted by Gasteiger charge is -2.53.